The Hall–Kier alpha value is -1.66. The molecule has 17 heavy (non-hydrogen) atoms. The molecule has 0 saturated heterocycles. The van der Waals surface area contributed by atoms with E-state index in [2.05, 4.69) is 9.71 Å². The maximum absolute atomic E-state index is 11.7. The molecular formula is C11H13N3O2S. The molecule has 0 aliphatic heterocycles. The summed E-state index contributed by atoms with van der Waals surface area (Å²) < 4.78 is 27.1. The summed E-state index contributed by atoms with van der Waals surface area (Å²) >= 11 is 0. The smallest absolute Gasteiger partial charge is 0.270 e. The molecule has 1 N–H and O–H groups in total. The molecule has 1 heterocycles. The van der Waals surface area contributed by atoms with Gasteiger partial charge in [-0.05, 0) is 24.3 Å². The highest BCUT2D eigenvalue weighted by molar-refractivity contribution is 7.90. The van der Waals surface area contributed by atoms with Crippen molar-refractivity contribution in [3.8, 4) is 0 Å². The average molecular weight is 251 g/mol. The van der Waals surface area contributed by atoms with Crippen LogP contribution in [-0.2, 0) is 10.2 Å². The van der Waals surface area contributed by atoms with Crippen LogP contribution in [0.4, 0.5) is 5.69 Å². The summed E-state index contributed by atoms with van der Waals surface area (Å²) in [6, 6.07) is 8.92. The van der Waals surface area contributed by atoms with Crippen LogP contribution in [0.3, 0.4) is 0 Å². The van der Waals surface area contributed by atoms with Gasteiger partial charge < -0.3 is 0 Å². The zero-order chi connectivity index (χ0) is 12.5. The maximum Gasteiger partial charge on any atom is 0.301 e. The van der Waals surface area contributed by atoms with Crippen LogP contribution in [0.15, 0.2) is 36.5 Å². The van der Waals surface area contributed by atoms with E-state index in [1.807, 2.05) is 12.1 Å². The molecule has 6 heteroatoms. The first-order chi connectivity index (χ1) is 8.00. The van der Waals surface area contributed by atoms with E-state index in [0.717, 1.165) is 15.2 Å². The summed E-state index contributed by atoms with van der Waals surface area (Å²) in [4.78, 5) is 4.17. The van der Waals surface area contributed by atoms with Crippen LogP contribution < -0.4 is 4.72 Å². The Labute approximate surface area is 100 Å². The number of hydrogen-bond donors (Lipinski definition) is 1. The lowest BCUT2D eigenvalue weighted by atomic mass is 10.2. The SMILES string of the molecule is CN(C)S(=O)(=O)Nc1cccc2ncccc12. The lowest BCUT2D eigenvalue weighted by molar-refractivity contribution is 0.527. The van der Waals surface area contributed by atoms with Gasteiger partial charge in [0.05, 0.1) is 11.2 Å². The number of fused-ring (bicyclic) bond motifs is 1. The first kappa shape index (κ1) is 11.8. The van der Waals surface area contributed by atoms with Gasteiger partial charge in [0.2, 0.25) is 0 Å². The standard InChI is InChI=1S/C11H13N3O2S/c1-14(2)17(15,16)13-11-7-3-6-10-9(11)5-4-8-12-10/h3-8,13H,1-2H3. The van der Waals surface area contributed by atoms with Gasteiger partial charge in [0, 0.05) is 25.7 Å². The minimum atomic E-state index is -3.49. The van der Waals surface area contributed by atoms with E-state index >= 15 is 0 Å². The van der Waals surface area contributed by atoms with Crippen molar-refractivity contribution in [2.75, 3.05) is 18.8 Å². The Morgan fingerprint density at radius 2 is 1.94 bits per heavy atom. The number of anilines is 1. The summed E-state index contributed by atoms with van der Waals surface area (Å²) in [5.74, 6) is 0. The van der Waals surface area contributed by atoms with Crippen molar-refractivity contribution < 1.29 is 8.42 Å². The first-order valence-corrected chi connectivity index (χ1v) is 6.49. The monoisotopic (exact) mass is 251 g/mol. The van der Waals surface area contributed by atoms with Crippen molar-refractivity contribution in [3.63, 3.8) is 0 Å². The summed E-state index contributed by atoms with van der Waals surface area (Å²) in [5, 5.41) is 0.778. The number of benzene rings is 1. The third kappa shape index (κ3) is 2.37. The van der Waals surface area contributed by atoms with Gasteiger partial charge in [0.15, 0.2) is 0 Å². The predicted molar refractivity (Wildman–Crippen MR) is 68.0 cm³/mol. The highest BCUT2D eigenvalue weighted by atomic mass is 32.2. The number of pyridine rings is 1. The summed E-state index contributed by atoms with van der Waals surface area (Å²) in [7, 11) is -0.531. The van der Waals surface area contributed by atoms with Gasteiger partial charge in [-0.15, -0.1) is 0 Å². The van der Waals surface area contributed by atoms with Crippen LogP contribution in [0.25, 0.3) is 10.9 Å². The minimum absolute atomic E-state index is 0.532. The minimum Gasteiger partial charge on any atom is -0.270 e. The molecule has 0 saturated carbocycles. The van der Waals surface area contributed by atoms with Crippen LogP contribution in [0.1, 0.15) is 0 Å². The van der Waals surface area contributed by atoms with Gasteiger partial charge in [0.25, 0.3) is 0 Å². The molecule has 0 amide bonds. The summed E-state index contributed by atoms with van der Waals surface area (Å²) in [5.41, 5.74) is 1.29. The van der Waals surface area contributed by atoms with Gasteiger partial charge in [-0.25, -0.2) is 0 Å². The van der Waals surface area contributed by atoms with Gasteiger partial charge in [-0.1, -0.05) is 6.07 Å². The number of nitrogens with one attached hydrogen (secondary N) is 1. The molecule has 1 aromatic heterocycles. The Kier molecular flexibility index (Phi) is 2.99. The average Bonchev–Trinajstić information content (AvgIpc) is 2.29. The second kappa shape index (κ2) is 4.31. The van der Waals surface area contributed by atoms with Crippen molar-refractivity contribution in [1.29, 1.82) is 0 Å². The van der Waals surface area contributed by atoms with Gasteiger partial charge >= 0.3 is 10.2 Å². The van der Waals surface area contributed by atoms with Gasteiger partial charge in [-0.3, -0.25) is 9.71 Å². The van der Waals surface area contributed by atoms with Crippen LogP contribution >= 0.6 is 0 Å². The zero-order valence-corrected chi connectivity index (χ0v) is 10.4. The fraction of sp³-hybridized carbons (Fsp3) is 0.182. The molecule has 0 fully saturated rings. The number of hydrogen-bond acceptors (Lipinski definition) is 3. The van der Waals surface area contributed by atoms with E-state index in [4.69, 9.17) is 0 Å². The lowest BCUT2D eigenvalue weighted by Crippen LogP contribution is -2.28. The topological polar surface area (TPSA) is 62.3 Å². The van der Waals surface area contributed by atoms with E-state index in [0.29, 0.717) is 5.69 Å². The maximum atomic E-state index is 11.7. The molecule has 0 unspecified atom stereocenters. The van der Waals surface area contributed by atoms with Gasteiger partial charge in [0.1, 0.15) is 0 Å². The third-order valence-corrected chi connectivity index (χ3v) is 3.80. The molecule has 90 valence electrons. The van der Waals surface area contributed by atoms with E-state index < -0.39 is 10.2 Å². The highest BCUT2D eigenvalue weighted by Gasteiger charge is 2.14. The van der Waals surface area contributed by atoms with Crippen molar-refractivity contribution >= 4 is 26.8 Å². The molecule has 1 aromatic carbocycles. The fourth-order valence-corrected chi connectivity index (χ4v) is 2.06. The van der Waals surface area contributed by atoms with E-state index in [1.165, 1.54) is 14.1 Å². The van der Waals surface area contributed by atoms with Crippen LogP contribution in [0, 0.1) is 0 Å². The Morgan fingerprint density at radius 1 is 1.18 bits per heavy atom. The molecule has 0 spiro atoms. The fourth-order valence-electron chi connectivity index (χ4n) is 1.42. The second-order valence-corrected chi connectivity index (χ2v) is 5.65. The third-order valence-electron chi connectivity index (χ3n) is 2.37. The van der Waals surface area contributed by atoms with Crippen molar-refractivity contribution in [1.82, 2.24) is 9.29 Å². The molecule has 0 aliphatic carbocycles. The summed E-state index contributed by atoms with van der Waals surface area (Å²) in [6.07, 6.45) is 1.67. The molecule has 0 radical (unpaired) electrons. The molecule has 5 nitrogen and oxygen atoms in total. The Bertz CT molecular complexity index is 633. The van der Waals surface area contributed by atoms with E-state index in [1.54, 1.807) is 24.4 Å². The molecule has 2 aromatic rings. The normalized spacial score (nSPS) is 11.9. The van der Waals surface area contributed by atoms with Crippen LogP contribution in [-0.4, -0.2) is 31.8 Å². The van der Waals surface area contributed by atoms with Crippen molar-refractivity contribution in [2.24, 2.45) is 0 Å². The largest absolute Gasteiger partial charge is 0.301 e. The molecule has 0 aliphatic rings. The highest BCUT2D eigenvalue weighted by Crippen LogP contribution is 2.22. The number of nitrogens with zero attached hydrogens (tertiary/aromatic N) is 2. The molecule has 0 bridgehead atoms. The molecular weight excluding hydrogens is 238 g/mol. The van der Waals surface area contributed by atoms with Crippen molar-refractivity contribution in [3.05, 3.63) is 36.5 Å². The number of aromatic nitrogens is 1. The molecule has 0 atom stereocenters. The lowest BCUT2D eigenvalue weighted by Gasteiger charge is -2.14. The van der Waals surface area contributed by atoms with E-state index in [-0.39, 0.29) is 0 Å². The van der Waals surface area contributed by atoms with Crippen LogP contribution in [0.2, 0.25) is 0 Å². The summed E-state index contributed by atoms with van der Waals surface area (Å²) in [6.45, 7) is 0. The molecule has 2 rings (SSSR count). The predicted octanol–water partition coefficient (Wildman–Crippen LogP) is 1.45. The van der Waals surface area contributed by atoms with Crippen LogP contribution in [0.5, 0.6) is 0 Å². The zero-order valence-electron chi connectivity index (χ0n) is 9.58. The first-order valence-electron chi connectivity index (χ1n) is 5.05. The van der Waals surface area contributed by atoms with E-state index in [9.17, 15) is 8.42 Å². The van der Waals surface area contributed by atoms with Crippen molar-refractivity contribution in [2.45, 2.75) is 0 Å². The quantitative estimate of drug-likeness (QED) is 0.898. The second-order valence-electron chi connectivity index (χ2n) is 3.77. The number of rotatable bonds is 3. The van der Waals surface area contributed by atoms with Gasteiger partial charge in [-0.2, -0.15) is 12.7 Å². The Balaban J connectivity index is 2.50. The Morgan fingerprint density at radius 3 is 2.65 bits per heavy atom.